The highest BCUT2D eigenvalue weighted by Gasteiger charge is 2.27. The highest BCUT2D eigenvalue weighted by molar-refractivity contribution is 7.13. The van der Waals surface area contributed by atoms with Gasteiger partial charge < -0.3 is 15.6 Å². The van der Waals surface area contributed by atoms with Gasteiger partial charge in [0.05, 0.1) is 18.3 Å². The summed E-state index contributed by atoms with van der Waals surface area (Å²) in [6, 6.07) is 3.85. The van der Waals surface area contributed by atoms with Crippen LogP contribution in [0.1, 0.15) is 19.1 Å². The highest BCUT2D eigenvalue weighted by atomic mass is 32.1. The molecule has 3 rings (SSSR count). The molecule has 7 heteroatoms. The summed E-state index contributed by atoms with van der Waals surface area (Å²) in [5, 5.41) is 11.0. The molecule has 2 aromatic heterocycles. The molecule has 0 bridgehead atoms. The standard InChI is InChI=1S/C13H15N3O3S/c14-12-9(10-2-1-5-20-10)6-16(13(18)15-12)11-4-3-8(7-17)19-11/h1-2,5-6,8,11,17H,3-4,7H2,(H2,14,15,18). The van der Waals surface area contributed by atoms with Crippen molar-refractivity contribution in [1.29, 1.82) is 0 Å². The van der Waals surface area contributed by atoms with Crippen LogP contribution in [-0.4, -0.2) is 27.4 Å². The van der Waals surface area contributed by atoms with Gasteiger partial charge in [-0.05, 0) is 24.3 Å². The van der Waals surface area contributed by atoms with Crippen LogP contribution in [-0.2, 0) is 4.74 Å². The molecule has 1 aliphatic heterocycles. The van der Waals surface area contributed by atoms with E-state index in [2.05, 4.69) is 4.98 Å². The zero-order valence-corrected chi connectivity index (χ0v) is 11.5. The second-order valence-corrected chi connectivity index (χ2v) is 5.63. The fourth-order valence-corrected chi connectivity index (χ4v) is 3.08. The Morgan fingerprint density at radius 3 is 3.05 bits per heavy atom. The van der Waals surface area contributed by atoms with Crippen LogP contribution in [0, 0.1) is 0 Å². The first-order valence-electron chi connectivity index (χ1n) is 6.38. The van der Waals surface area contributed by atoms with Crippen molar-refractivity contribution < 1.29 is 9.84 Å². The molecule has 1 fully saturated rings. The largest absolute Gasteiger partial charge is 0.394 e. The van der Waals surface area contributed by atoms with Gasteiger partial charge in [-0.2, -0.15) is 4.98 Å². The normalized spacial score (nSPS) is 22.2. The van der Waals surface area contributed by atoms with Crippen molar-refractivity contribution in [2.75, 3.05) is 12.3 Å². The Bertz CT molecular complexity index is 653. The second kappa shape index (κ2) is 5.35. The van der Waals surface area contributed by atoms with Crippen LogP contribution in [0.2, 0.25) is 0 Å². The van der Waals surface area contributed by atoms with Crippen molar-refractivity contribution in [2.24, 2.45) is 0 Å². The quantitative estimate of drug-likeness (QED) is 0.888. The topological polar surface area (TPSA) is 90.4 Å². The third-order valence-electron chi connectivity index (χ3n) is 3.37. The van der Waals surface area contributed by atoms with Crippen LogP contribution in [0.5, 0.6) is 0 Å². The average Bonchev–Trinajstić information content (AvgIpc) is 3.09. The maximum atomic E-state index is 12.0. The van der Waals surface area contributed by atoms with E-state index in [-0.39, 0.29) is 24.8 Å². The molecule has 0 aromatic carbocycles. The lowest BCUT2D eigenvalue weighted by Crippen LogP contribution is -2.28. The average molecular weight is 293 g/mol. The van der Waals surface area contributed by atoms with E-state index in [9.17, 15) is 4.79 Å². The van der Waals surface area contributed by atoms with E-state index in [1.54, 1.807) is 6.20 Å². The van der Waals surface area contributed by atoms with Crippen molar-refractivity contribution in [2.45, 2.75) is 25.2 Å². The summed E-state index contributed by atoms with van der Waals surface area (Å²) in [5.74, 6) is 0.227. The van der Waals surface area contributed by atoms with Crippen LogP contribution in [0.15, 0.2) is 28.5 Å². The number of aliphatic hydroxyl groups is 1. The van der Waals surface area contributed by atoms with Gasteiger partial charge in [0.15, 0.2) is 0 Å². The van der Waals surface area contributed by atoms with E-state index in [0.717, 1.165) is 16.9 Å². The number of nitrogens with zero attached hydrogens (tertiary/aromatic N) is 2. The maximum absolute atomic E-state index is 12.0. The third-order valence-corrected chi connectivity index (χ3v) is 4.27. The summed E-state index contributed by atoms with van der Waals surface area (Å²) < 4.78 is 7.08. The first kappa shape index (κ1) is 13.3. The van der Waals surface area contributed by atoms with E-state index in [1.165, 1.54) is 15.9 Å². The molecule has 0 spiro atoms. The molecule has 0 saturated carbocycles. The van der Waals surface area contributed by atoms with E-state index in [0.29, 0.717) is 6.42 Å². The molecular formula is C13H15N3O3S. The Hall–Kier alpha value is -1.70. The van der Waals surface area contributed by atoms with Crippen LogP contribution < -0.4 is 11.4 Å². The Morgan fingerprint density at radius 1 is 1.55 bits per heavy atom. The van der Waals surface area contributed by atoms with E-state index < -0.39 is 5.69 Å². The van der Waals surface area contributed by atoms with Crippen LogP contribution in [0.3, 0.4) is 0 Å². The van der Waals surface area contributed by atoms with Gasteiger partial charge >= 0.3 is 5.69 Å². The fourth-order valence-electron chi connectivity index (χ4n) is 2.34. The number of aromatic nitrogens is 2. The molecule has 3 heterocycles. The van der Waals surface area contributed by atoms with Crippen LogP contribution in [0.4, 0.5) is 5.82 Å². The number of anilines is 1. The number of nitrogens with two attached hydrogens (primary N) is 1. The molecular weight excluding hydrogens is 278 g/mol. The van der Waals surface area contributed by atoms with Crippen LogP contribution >= 0.6 is 11.3 Å². The number of nitrogen functional groups attached to an aromatic ring is 1. The molecule has 0 radical (unpaired) electrons. The number of rotatable bonds is 3. The summed E-state index contributed by atoms with van der Waals surface area (Å²) in [5.41, 5.74) is 6.14. The third kappa shape index (κ3) is 2.35. The predicted octanol–water partition coefficient (Wildman–Crippen LogP) is 1.22. The summed E-state index contributed by atoms with van der Waals surface area (Å²) in [4.78, 5) is 16.8. The van der Waals surface area contributed by atoms with Crippen molar-refractivity contribution >= 4 is 17.2 Å². The monoisotopic (exact) mass is 293 g/mol. The fraction of sp³-hybridized carbons (Fsp3) is 0.385. The summed E-state index contributed by atoms with van der Waals surface area (Å²) >= 11 is 1.54. The Kier molecular flexibility index (Phi) is 3.56. The molecule has 106 valence electrons. The van der Waals surface area contributed by atoms with E-state index in [4.69, 9.17) is 15.6 Å². The lowest BCUT2D eigenvalue weighted by atomic mass is 10.2. The van der Waals surface area contributed by atoms with Gasteiger partial charge in [0.25, 0.3) is 0 Å². The Morgan fingerprint density at radius 2 is 2.40 bits per heavy atom. The molecule has 20 heavy (non-hydrogen) atoms. The lowest BCUT2D eigenvalue weighted by Gasteiger charge is -2.16. The van der Waals surface area contributed by atoms with Gasteiger partial charge in [-0.15, -0.1) is 11.3 Å². The molecule has 1 aliphatic rings. The van der Waals surface area contributed by atoms with Gasteiger partial charge in [-0.25, -0.2) is 4.79 Å². The SMILES string of the molecule is Nc1nc(=O)n(C2CCC(CO)O2)cc1-c1cccs1. The number of hydrogen-bond donors (Lipinski definition) is 2. The highest BCUT2D eigenvalue weighted by Crippen LogP contribution is 2.31. The van der Waals surface area contributed by atoms with Gasteiger partial charge in [-0.1, -0.05) is 6.07 Å². The number of thiophene rings is 1. The minimum Gasteiger partial charge on any atom is -0.394 e. The first-order valence-corrected chi connectivity index (χ1v) is 7.26. The van der Waals surface area contributed by atoms with Crippen molar-refractivity contribution in [3.8, 4) is 10.4 Å². The molecule has 0 amide bonds. The zero-order valence-electron chi connectivity index (χ0n) is 10.7. The maximum Gasteiger partial charge on any atom is 0.351 e. The molecule has 1 saturated heterocycles. The van der Waals surface area contributed by atoms with E-state index in [1.807, 2.05) is 17.5 Å². The molecule has 2 unspecified atom stereocenters. The van der Waals surface area contributed by atoms with Gasteiger partial charge in [0.2, 0.25) is 0 Å². The first-order chi connectivity index (χ1) is 9.69. The lowest BCUT2D eigenvalue weighted by molar-refractivity contribution is -0.0244. The number of hydrogen-bond acceptors (Lipinski definition) is 6. The van der Waals surface area contributed by atoms with Crippen molar-refractivity contribution in [1.82, 2.24) is 9.55 Å². The summed E-state index contributed by atoms with van der Waals surface area (Å²) in [7, 11) is 0. The number of aliphatic hydroxyl groups excluding tert-OH is 1. The van der Waals surface area contributed by atoms with Crippen molar-refractivity contribution in [3.63, 3.8) is 0 Å². The summed E-state index contributed by atoms with van der Waals surface area (Å²) in [6.07, 6.45) is 2.51. The van der Waals surface area contributed by atoms with Gasteiger partial charge in [0, 0.05) is 11.1 Å². The predicted molar refractivity (Wildman–Crippen MR) is 76.5 cm³/mol. The molecule has 3 N–H and O–H groups in total. The minimum atomic E-state index is -0.425. The van der Waals surface area contributed by atoms with Gasteiger partial charge in [0.1, 0.15) is 12.0 Å². The smallest absolute Gasteiger partial charge is 0.351 e. The van der Waals surface area contributed by atoms with E-state index >= 15 is 0 Å². The number of ether oxygens (including phenoxy) is 1. The van der Waals surface area contributed by atoms with Crippen LogP contribution in [0.25, 0.3) is 10.4 Å². The molecule has 2 atom stereocenters. The molecule has 2 aromatic rings. The van der Waals surface area contributed by atoms with Gasteiger partial charge in [-0.3, -0.25) is 4.57 Å². The minimum absolute atomic E-state index is 0.0363. The molecule has 6 nitrogen and oxygen atoms in total. The Balaban J connectivity index is 2.00. The molecule has 0 aliphatic carbocycles. The second-order valence-electron chi connectivity index (χ2n) is 4.68. The summed E-state index contributed by atoms with van der Waals surface area (Å²) in [6.45, 7) is -0.0363. The Labute approximate surface area is 119 Å². The zero-order chi connectivity index (χ0) is 14.1. The van der Waals surface area contributed by atoms with Crippen molar-refractivity contribution in [3.05, 3.63) is 34.2 Å².